The van der Waals surface area contributed by atoms with Gasteiger partial charge in [-0.15, -0.1) is 0 Å². The minimum atomic E-state index is -0.277. The van der Waals surface area contributed by atoms with Crippen LogP contribution in [0.4, 0.5) is 0 Å². The molecule has 1 saturated carbocycles. The summed E-state index contributed by atoms with van der Waals surface area (Å²) in [7, 11) is 0. The van der Waals surface area contributed by atoms with Crippen molar-refractivity contribution in [1.29, 1.82) is 0 Å². The zero-order valence-electron chi connectivity index (χ0n) is 15.5. The second kappa shape index (κ2) is 5.73. The molecule has 0 radical (unpaired) electrons. The molecule has 1 atom stereocenters. The van der Waals surface area contributed by atoms with Crippen molar-refractivity contribution in [3.8, 4) is 0 Å². The van der Waals surface area contributed by atoms with E-state index in [1.54, 1.807) is 0 Å². The first-order valence-electron chi connectivity index (χ1n) is 8.98. The van der Waals surface area contributed by atoms with E-state index in [9.17, 15) is 9.90 Å². The quantitative estimate of drug-likeness (QED) is 0.784. The molecule has 1 fully saturated rings. The zero-order chi connectivity index (χ0) is 17.7. The largest absolute Gasteiger partial charge is 0.393 e. The first kappa shape index (κ1) is 17.2. The maximum atomic E-state index is 13.2. The van der Waals surface area contributed by atoms with Crippen LogP contribution in [0.5, 0.6) is 0 Å². The summed E-state index contributed by atoms with van der Waals surface area (Å²) < 4.78 is 2.17. The summed E-state index contributed by atoms with van der Waals surface area (Å²) in [6.07, 6.45) is 3.43. The van der Waals surface area contributed by atoms with Crippen molar-refractivity contribution in [3.63, 3.8) is 0 Å². The minimum Gasteiger partial charge on any atom is -0.393 e. The van der Waals surface area contributed by atoms with Gasteiger partial charge in [0.2, 0.25) is 0 Å². The van der Waals surface area contributed by atoms with Crippen molar-refractivity contribution in [1.82, 2.24) is 4.57 Å². The number of nitrogens with zero attached hydrogens (tertiary/aromatic N) is 1. The van der Waals surface area contributed by atoms with Gasteiger partial charge in [-0.3, -0.25) is 4.79 Å². The van der Waals surface area contributed by atoms with E-state index in [0.29, 0.717) is 0 Å². The number of carbonyl (C=O) groups excluding carboxylic acids is 1. The van der Waals surface area contributed by atoms with Crippen LogP contribution in [0, 0.1) is 16.7 Å². The van der Waals surface area contributed by atoms with Gasteiger partial charge >= 0.3 is 0 Å². The van der Waals surface area contributed by atoms with Crippen LogP contribution in [0.1, 0.15) is 57.8 Å². The van der Waals surface area contributed by atoms with Gasteiger partial charge in [0, 0.05) is 35.1 Å². The summed E-state index contributed by atoms with van der Waals surface area (Å²) in [5.74, 6) is 0.359. The molecule has 1 aromatic heterocycles. The standard InChI is InChI=1S/C21H29NO2/c1-14(23)9-8-12-22-13-16(15-10-6-7-11-17(15)22)18(24)19-20(2,3)21(19,4)5/h6-7,10-11,13-14,19,23H,8-9,12H2,1-5H3/t14-/m1/s1. The number of aliphatic hydroxyl groups is 1. The van der Waals surface area contributed by atoms with Gasteiger partial charge in [-0.25, -0.2) is 0 Å². The summed E-state index contributed by atoms with van der Waals surface area (Å²) in [5, 5.41) is 10.5. The van der Waals surface area contributed by atoms with E-state index in [1.165, 1.54) is 0 Å². The fourth-order valence-corrected chi connectivity index (χ4v) is 4.19. The Balaban J connectivity index is 1.93. The van der Waals surface area contributed by atoms with Crippen LogP contribution in [-0.4, -0.2) is 21.6 Å². The Labute approximate surface area is 144 Å². The first-order chi connectivity index (χ1) is 11.2. The average Bonchev–Trinajstić information content (AvgIpc) is 2.80. The van der Waals surface area contributed by atoms with Gasteiger partial charge in [0.25, 0.3) is 0 Å². The van der Waals surface area contributed by atoms with Crippen LogP contribution in [0.25, 0.3) is 10.9 Å². The van der Waals surface area contributed by atoms with Crippen LogP contribution in [0.2, 0.25) is 0 Å². The van der Waals surface area contributed by atoms with E-state index < -0.39 is 0 Å². The first-order valence-corrected chi connectivity index (χ1v) is 8.98. The number of aromatic nitrogens is 1. The molecule has 1 aliphatic rings. The van der Waals surface area contributed by atoms with E-state index in [4.69, 9.17) is 0 Å². The fraction of sp³-hybridized carbons (Fsp3) is 0.571. The van der Waals surface area contributed by atoms with Crippen molar-refractivity contribution in [3.05, 3.63) is 36.0 Å². The number of para-hydroxylation sites is 1. The van der Waals surface area contributed by atoms with Gasteiger partial charge in [0.15, 0.2) is 5.78 Å². The molecular formula is C21H29NO2. The number of Topliss-reactive ketones (excluding diaryl/α,β-unsaturated/α-hetero) is 1. The monoisotopic (exact) mass is 327 g/mol. The summed E-state index contributed by atoms with van der Waals surface area (Å²) in [5.41, 5.74) is 2.08. The molecule has 130 valence electrons. The van der Waals surface area contributed by atoms with Gasteiger partial charge < -0.3 is 9.67 Å². The zero-order valence-corrected chi connectivity index (χ0v) is 15.5. The lowest BCUT2D eigenvalue weighted by molar-refractivity contribution is 0.0946. The smallest absolute Gasteiger partial charge is 0.169 e. The Morgan fingerprint density at radius 1 is 1.21 bits per heavy atom. The highest BCUT2D eigenvalue weighted by Gasteiger charge is 2.68. The number of benzene rings is 1. The molecule has 0 aliphatic heterocycles. The van der Waals surface area contributed by atoms with Gasteiger partial charge in [0.1, 0.15) is 0 Å². The molecule has 1 N–H and O–H groups in total. The number of hydrogen-bond acceptors (Lipinski definition) is 2. The number of fused-ring (bicyclic) bond motifs is 1. The molecule has 1 aromatic carbocycles. The van der Waals surface area contributed by atoms with Crippen molar-refractivity contribution in [2.45, 2.75) is 60.1 Å². The third kappa shape index (κ3) is 2.59. The molecule has 3 heteroatoms. The predicted octanol–water partition coefficient (Wildman–Crippen LogP) is 4.67. The van der Waals surface area contributed by atoms with E-state index in [0.717, 1.165) is 35.9 Å². The minimum absolute atomic E-state index is 0.0552. The summed E-state index contributed by atoms with van der Waals surface area (Å²) in [4.78, 5) is 13.2. The second-order valence-electron chi connectivity index (χ2n) is 8.49. The van der Waals surface area contributed by atoms with Crippen molar-refractivity contribution >= 4 is 16.7 Å². The van der Waals surface area contributed by atoms with Crippen LogP contribution < -0.4 is 0 Å². The topological polar surface area (TPSA) is 42.2 Å². The molecule has 3 nitrogen and oxygen atoms in total. The predicted molar refractivity (Wildman–Crippen MR) is 98.2 cm³/mol. The third-order valence-corrected chi connectivity index (χ3v) is 6.36. The lowest BCUT2D eigenvalue weighted by Gasteiger charge is -2.06. The number of aliphatic hydroxyl groups excluding tert-OH is 1. The molecular weight excluding hydrogens is 298 g/mol. The van der Waals surface area contributed by atoms with Crippen LogP contribution >= 0.6 is 0 Å². The highest BCUT2D eigenvalue weighted by Crippen LogP contribution is 2.69. The Hall–Kier alpha value is -1.61. The molecule has 0 bridgehead atoms. The van der Waals surface area contributed by atoms with Gasteiger partial charge in [-0.1, -0.05) is 45.9 Å². The van der Waals surface area contributed by atoms with Crippen LogP contribution in [-0.2, 0) is 6.54 Å². The molecule has 0 unspecified atom stereocenters. The third-order valence-electron chi connectivity index (χ3n) is 6.36. The molecule has 0 amide bonds. The van der Waals surface area contributed by atoms with Crippen molar-refractivity contribution < 1.29 is 9.90 Å². The van der Waals surface area contributed by atoms with Crippen molar-refractivity contribution in [2.24, 2.45) is 16.7 Å². The number of carbonyl (C=O) groups is 1. The van der Waals surface area contributed by atoms with E-state index in [1.807, 2.05) is 25.3 Å². The number of aryl methyl sites for hydroxylation is 1. The van der Waals surface area contributed by atoms with Gasteiger partial charge in [0.05, 0.1) is 6.10 Å². The maximum Gasteiger partial charge on any atom is 0.169 e. The lowest BCUT2D eigenvalue weighted by atomic mass is 10.0. The summed E-state index contributed by atoms with van der Waals surface area (Å²) in [6.45, 7) is 11.4. The molecule has 0 saturated heterocycles. The van der Waals surface area contributed by atoms with Crippen LogP contribution in [0.15, 0.2) is 30.5 Å². The Bertz CT molecular complexity index is 753. The van der Waals surface area contributed by atoms with Gasteiger partial charge in [-0.05, 0) is 36.7 Å². The molecule has 1 aliphatic carbocycles. The fourth-order valence-electron chi connectivity index (χ4n) is 4.19. The normalized spacial score (nSPS) is 20.2. The van der Waals surface area contributed by atoms with Crippen LogP contribution in [0.3, 0.4) is 0 Å². The highest BCUT2D eigenvalue weighted by molar-refractivity contribution is 6.11. The van der Waals surface area contributed by atoms with E-state index >= 15 is 0 Å². The molecule has 0 spiro atoms. The highest BCUT2D eigenvalue weighted by atomic mass is 16.3. The number of rotatable bonds is 6. The SMILES string of the molecule is C[C@@H](O)CCCn1cc(C(=O)C2C(C)(C)C2(C)C)c2ccccc21. The van der Waals surface area contributed by atoms with Gasteiger partial charge in [-0.2, -0.15) is 0 Å². The average molecular weight is 327 g/mol. The Morgan fingerprint density at radius 2 is 1.83 bits per heavy atom. The molecule has 1 heterocycles. The summed E-state index contributed by atoms with van der Waals surface area (Å²) >= 11 is 0. The molecule has 24 heavy (non-hydrogen) atoms. The number of hydrogen-bond donors (Lipinski definition) is 1. The maximum absolute atomic E-state index is 13.2. The van der Waals surface area contributed by atoms with E-state index in [2.05, 4.69) is 44.4 Å². The Morgan fingerprint density at radius 3 is 2.42 bits per heavy atom. The summed E-state index contributed by atoms with van der Waals surface area (Å²) in [6, 6.07) is 8.16. The van der Waals surface area contributed by atoms with Crippen molar-refractivity contribution in [2.75, 3.05) is 0 Å². The second-order valence-corrected chi connectivity index (χ2v) is 8.49. The molecule has 3 rings (SSSR count). The Kier molecular flexibility index (Phi) is 4.11. The number of ketones is 1. The van der Waals surface area contributed by atoms with E-state index in [-0.39, 0.29) is 28.6 Å². The lowest BCUT2D eigenvalue weighted by Crippen LogP contribution is -2.07. The molecule has 2 aromatic rings.